The van der Waals surface area contributed by atoms with Crippen molar-refractivity contribution in [3.05, 3.63) is 53.1 Å². The van der Waals surface area contributed by atoms with E-state index in [0.717, 1.165) is 11.3 Å². The summed E-state index contributed by atoms with van der Waals surface area (Å²) in [5.41, 5.74) is 1.81. The molecule has 1 heterocycles. The van der Waals surface area contributed by atoms with E-state index in [9.17, 15) is 4.79 Å². The normalized spacial score (nSPS) is 14.1. The van der Waals surface area contributed by atoms with Crippen LogP contribution in [0.4, 0.5) is 5.69 Å². The van der Waals surface area contributed by atoms with Gasteiger partial charge in [-0.2, -0.15) is 0 Å². The third-order valence-electron chi connectivity index (χ3n) is 3.57. The Balaban J connectivity index is 1.59. The summed E-state index contributed by atoms with van der Waals surface area (Å²) in [5.74, 6) is 1.92. The third-order valence-corrected chi connectivity index (χ3v) is 5.06. The van der Waals surface area contributed by atoms with Crippen molar-refractivity contribution >= 4 is 35.0 Å². The van der Waals surface area contributed by atoms with E-state index in [1.165, 1.54) is 0 Å². The van der Waals surface area contributed by atoms with Gasteiger partial charge >= 0.3 is 0 Å². The lowest BCUT2D eigenvalue weighted by Gasteiger charge is -2.20. The highest BCUT2D eigenvalue weighted by atomic mass is 35.5. The summed E-state index contributed by atoms with van der Waals surface area (Å²) in [7, 11) is 0. The maximum absolute atomic E-state index is 12.2. The van der Waals surface area contributed by atoms with Crippen molar-refractivity contribution in [1.29, 1.82) is 0 Å². The second kappa shape index (κ2) is 7.81. The first-order chi connectivity index (χ1) is 11.6. The summed E-state index contributed by atoms with van der Waals surface area (Å²) >= 11 is 7.79. The van der Waals surface area contributed by atoms with E-state index >= 15 is 0 Å². The molecule has 0 aromatic heterocycles. The van der Waals surface area contributed by atoms with Gasteiger partial charge in [-0.25, -0.2) is 0 Å². The second-order valence-corrected chi connectivity index (χ2v) is 7.15. The van der Waals surface area contributed by atoms with E-state index in [4.69, 9.17) is 21.1 Å². The highest BCUT2D eigenvalue weighted by Crippen LogP contribution is 2.39. The van der Waals surface area contributed by atoms with Crippen LogP contribution in [0.1, 0.15) is 12.5 Å². The van der Waals surface area contributed by atoms with Crippen LogP contribution in [-0.2, 0) is 10.5 Å². The number of para-hydroxylation sites is 1. The molecule has 1 N–H and O–H groups in total. The minimum absolute atomic E-state index is 0.0187. The number of rotatable bonds is 5. The van der Waals surface area contributed by atoms with Crippen LogP contribution >= 0.6 is 23.4 Å². The van der Waals surface area contributed by atoms with Crippen LogP contribution in [0.15, 0.2) is 42.5 Å². The molecule has 4 nitrogen and oxygen atoms in total. The van der Waals surface area contributed by atoms with Gasteiger partial charge in [-0.1, -0.05) is 29.8 Å². The van der Waals surface area contributed by atoms with Crippen molar-refractivity contribution in [2.45, 2.75) is 17.9 Å². The minimum Gasteiger partial charge on any atom is -0.486 e. The van der Waals surface area contributed by atoms with Gasteiger partial charge in [0.1, 0.15) is 13.2 Å². The van der Waals surface area contributed by atoms with E-state index < -0.39 is 0 Å². The molecular formula is C18H18ClNO3S. The average molecular weight is 364 g/mol. The van der Waals surface area contributed by atoms with Crippen molar-refractivity contribution < 1.29 is 14.3 Å². The van der Waals surface area contributed by atoms with Crippen molar-refractivity contribution in [1.82, 2.24) is 0 Å². The number of benzene rings is 2. The lowest BCUT2D eigenvalue weighted by molar-refractivity contribution is -0.115. The number of ether oxygens (including phenoxy) is 2. The Kier molecular flexibility index (Phi) is 5.53. The smallest absolute Gasteiger partial charge is 0.237 e. The number of hydrogen-bond donors (Lipinski definition) is 1. The predicted molar refractivity (Wildman–Crippen MR) is 98.3 cm³/mol. The lowest BCUT2D eigenvalue weighted by Crippen LogP contribution is -2.22. The molecule has 0 radical (unpaired) electrons. The highest BCUT2D eigenvalue weighted by molar-refractivity contribution is 7.99. The molecule has 0 spiro atoms. The number of carbonyl (C=O) groups excluding carboxylic acids is 1. The van der Waals surface area contributed by atoms with Crippen molar-refractivity contribution in [2.24, 2.45) is 0 Å². The standard InChI is InChI=1S/C18H18ClNO3S/c1-12(18(21)20-14-5-3-2-4-6-14)24-11-13-9-15(19)17-16(10-13)22-7-8-23-17/h2-6,9-10,12H,7-8,11H2,1H3,(H,20,21). The maximum Gasteiger partial charge on any atom is 0.237 e. The Bertz CT molecular complexity index is 724. The molecule has 2 aromatic carbocycles. The molecule has 1 unspecified atom stereocenters. The molecule has 6 heteroatoms. The van der Waals surface area contributed by atoms with Crippen LogP contribution < -0.4 is 14.8 Å². The van der Waals surface area contributed by atoms with Crippen LogP contribution in [0.2, 0.25) is 5.02 Å². The number of anilines is 1. The van der Waals surface area contributed by atoms with Gasteiger partial charge in [0.15, 0.2) is 11.5 Å². The second-order valence-electron chi connectivity index (χ2n) is 5.41. The van der Waals surface area contributed by atoms with Gasteiger partial charge in [0, 0.05) is 11.4 Å². The van der Waals surface area contributed by atoms with Gasteiger partial charge < -0.3 is 14.8 Å². The van der Waals surface area contributed by atoms with E-state index in [2.05, 4.69) is 5.32 Å². The van der Waals surface area contributed by atoms with Crippen LogP contribution in [0, 0.1) is 0 Å². The number of hydrogen-bond acceptors (Lipinski definition) is 4. The zero-order valence-corrected chi connectivity index (χ0v) is 14.8. The molecular weight excluding hydrogens is 346 g/mol. The van der Waals surface area contributed by atoms with Gasteiger partial charge in [0.2, 0.25) is 5.91 Å². The van der Waals surface area contributed by atoms with Crippen LogP contribution in [0.5, 0.6) is 11.5 Å². The number of amides is 1. The molecule has 0 saturated heterocycles. The Morgan fingerprint density at radius 3 is 2.79 bits per heavy atom. The Morgan fingerprint density at radius 2 is 2.00 bits per heavy atom. The number of carbonyl (C=O) groups is 1. The Hall–Kier alpha value is -1.85. The molecule has 1 aliphatic rings. The van der Waals surface area contributed by atoms with Gasteiger partial charge in [-0.15, -0.1) is 11.8 Å². The Labute approximate surface area is 150 Å². The fraction of sp³-hybridized carbons (Fsp3) is 0.278. The molecule has 1 aliphatic heterocycles. The van der Waals surface area contributed by atoms with Gasteiger partial charge in [0.05, 0.1) is 10.3 Å². The van der Waals surface area contributed by atoms with Gasteiger partial charge in [-0.3, -0.25) is 4.79 Å². The summed E-state index contributed by atoms with van der Waals surface area (Å²) in [6.07, 6.45) is 0. The molecule has 126 valence electrons. The van der Waals surface area contributed by atoms with E-state index in [-0.39, 0.29) is 11.2 Å². The Morgan fingerprint density at radius 1 is 1.25 bits per heavy atom. The quantitative estimate of drug-likeness (QED) is 0.856. The SMILES string of the molecule is CC(SCc1cc(Cl)c2c(c1)OCCO2)C(=O)Nc1ccccc1. The summed E-state index contributed by atoms with van der Waals surface area (Å²) in [5, 5.41) is 3.27. The van der Waals surface area contributed by atoms with Gasteiger partial charge in [0.25, 0.3) is 0 Å². The number of fused-ring (bicyclic) bond motifs is 1. The molecule has 0 saturated carbocycles. The number of thioether (sulfide) groups is 1. The van der Waals surface area contributed by atoms with E-state index in [1.807, 2.05) is 49.4 Å². The summed E-state index contributed by atoms with van der Waals surface area (Å²) in [4.78, 5) is 12.2. The third kappa shape index (κ3) is 4.16. The van der Waals surface area contributed by atoms with E-state index in [1.54, 1.807) is 11.8 Å². The first kappa shape index (κ1) is 17.0. The molecule has 1 amide bonds. The van der Waals surface area contributed by atoms with E-state index in [0.29, 0.717) is 35.5 Å². The number of halogens is 1. The molecule has 0 bridgehead atoms. The van der Waals surface area contributed by atoms with Crippen molar-refractivity contribution in [3.63, 3.8) is 0 Å². The zero-order chi connectivity index (χ0) is 16.9. The zero-order valence-electron chi connectivity index (χ0n) is 13.3. The molecule has 3 rings (SSSR count). The summed E-state index contributed by atoms with van der Waals surface area (Å²) < 4.78 is 11.1. The topological polar surface area (TPSA) is 47.6 Å². The van der Waals surface area contributed by atoms with Crippen molar-refractivity contribution in [2.75, 3.05) is 18.5 Å². The van der Waals surface area contributed by atoms with Crippen LogP contribution in [0.3, 0.4) is 0 Å². The molecule has 2 aromatic rings. The predicted octanol–water partition coefficient (Wildman–Crippen LogP) is 4.37. The maximum atomic E-state index is 12.2. The van der Waals surface area contributed by atoms with Gasteiger partial charge in [-0.05, 0) is 36.8 Å². The molecule has 24 heavy (non-hydrogen) atoms. The fourth-order valence-corrected chi connectivity index (χ4v) is 3.42. The fourth-order valence-electron chi connectivity index (χ4n) is 2.31. The monoisotopic (exact) mass is 363 g/mol. The molecule has 1 atom stereocenters. The molecule has 0 fully saturated rings. The molecule has 0 aliphatic carbocycles. The largest absolute Gasteiger partial charge is 0.486 e. The lowest BCUT2D eigenvalue weighted by atomic mass is 10.2. The first-order valence-corrected chi connectivity index (χ1v) is 9.11. The van der Waals surface area contributed by atoms with Crippen LogP contribution in [0.25, 0.3) is 0 Å². The first-order valence-electron chi connectivity index (χ1n) is 7.69. The van der Waals surface area contributed by atoms with Crippen molar-refractivity contribution in [3.8, 4) is 11.5 Å². The summed E-state index contributed by atoms with van der Waals surface area (Å²) in [6.45, 7) is 2.93. The number of nitrogens with one attached hydrogen (secondary N) is 1. The average Bonchev–Trinajstić information content (AvgIpc) is 2.60. The van der Waals surface area contributed by atoms with Crippen LogP contribution in [-0.4, -0.2) is 24.4 Å². The minimum atomic E-state index is -0.183. The highest BCUT2D eigenvalue weighted by Gasteiger charge is 2.18. The summed E-state index contributed by atoms with van der Waals surface area (Å²) in [6, 6.07) is 13.2.